The Balaban J connectivity index is 1.37. The van der Waals surface area contributed by atoms with Crippen LogP contribution in [-0.2, 0) is 0 Å². The zero-order chi connectivity index (χ0) is 36.8. The van der Waals surface area contributed by atoms with Crippen LogP contribution in [0, 0.1) is 80.2 Å². The molecule has 0 spiro atoms. The van der Waals surface area contributed by atoms with E-state index < -0.39 is 34.9 Å². The van der Waals surface area contributed by atoms with E-state index in [0.29, 0.717) is 55.6 Å². The van der Waals surface area contributed by atoms with E-state index in [4.69, 9.17) is 0 Å². The molecule has 0 fully saturated rings. The van der Waals surface area contributed by atoms with E-state index >= 15 is 0 Å². The van der Waals surface area contributed by atoms with Crippen molar-refractivity contribution in [3.8, 4) is 79.9 Å². The molecule has 0 saturated carbocycles. The Bertz CT molecular complexity index is 2490. The third-order valence-electron chi connectivity index (χ3n) is 8.88. The molecule has 0 N–H and O–H groups in total. The number of hydrogen-bond acceptors (Lipinski definition) is 4. The quantitative estimate of drug-likeness (QED) is 0.104. The molecule has 10 heteroatoms. The second kappa shape index (κ2) is 12.8. The topological polar surface area (TPSA) is 95.2 Å². The van der Waals surface area contributed by atoms with Crippen molar-refractivity contribution in [2.24, 2.45) is 0 Å². The Labute approximate surface area is 292 Å². The Hall–Kier alpha value is -7.40. The van der Waals surface area contributed by atoms with E-state index in [2.05, 4.69) is 12.1 Å². The maximum Gasteiger partial charge on any atom is 0.194 e. The number of rotatable bonds is 4. The van der Waals surface area contributed by atoms with E-state index in [1.165, 1.54) is 0 Å². The summed E-state index contributed by atoms with van der Waals surface area (Å²) in [4.78, 5) is 0. The van der Waals surface area contributed by atoms with Crippen molar-refractivity contribution in [1.29, 1.82) is 21.0 Å². The Morgan fingerprint density at radius 1 is 0.365 bits per heavy atom. The minimum absolute atomic E-state index is 0.104. The van der Waals surface area contributed by atoms with Gasteiger partial charge in [-0.15, -0.1) is 0 Å². The van der Waals surface area contributed by atoms with Crippen LogP contribution in [0.15, 0.2) is 103 Å². The summed E-state index contributed by atoms with van der Waals surface area (Å²) in [5.41, 5.74) is 5.31. The van der Waals surface area contributed by atoms with Crippen molar-refractivity contribution in [2.45, 2.75) is 0 Å². The molecular formula is C42H16F6N4. The Morgan fingerprint density at radius 3 is 1.00 bits per heavy atom. The molecule has 0 bridgehead atoms. The SMILES string of the molecule is N#CC(C#N)=C1c2cc(C#N)c(-c3ccc(-c4cc(F)c(F)c(F)c4)cc3)cc2-c2cc(-c3ccc(-c4cc(F)c(F)c(F)c4)cc3)c(C#N)cc21. The first kappa shape index (κ1) is 33.1. The molecule has 6 aromatic rings. The lowest BCUT2D eigenvalue weighted by Gasteiger charge is -2.12. The summed E-state index contributed by atoms with van der Waals surface area (Å²) in [6, 6.07) is 30.9. The maximum absolute atomic E-state index is 13.9. The molecule has 0 saturated heterocycles. The molecule has 0 aromatic heterocycles. The fourth-order valence-corrected chi connectivity index (χ4v) is 6.40. The molecular weight excluding hydrogens is 674 g/mol. The predicted molar refractivity (Wildman–Crippen MR) is 180 cm³/mol. The van der Waals surface area contributed by atoms with Crippen LogP contribution in [0.3, 0.4) is 0 Å². The highest BCUT2D eigenvalue weighted by atomic mass is 19.2. The number of nitriles is 4. The van der Waals surface area contributed by atoms with Crippen LogP contribution in [0.25, 0.3) is 61.2 Å². The molecule has 1 aliphatic carbocycles. The van der Waals surface area contributed by atoms with Gasteiger partial charge in [0.15, 0.2) is 34.9 Å². The highest BCUT2D eigenvalue weighted by Crippen LogP contribution is 2.50. The Kier molecular flexibility index (Phi) is 8.16. The van der Waals surface area contributed by atoms with Gasteiger partial charge < -0.3 is 0 Å². The zero-order valence-electron chi connectivity index (χ0n) is 26.3. The number of benzene rings is 6. The van der Waals surface area contributed by atoms with E-state index in [1.807, 2.05) is 12.1 Å². The molecule has 0 amide bonds. The third-order valence-corrected chi connectivity index (χ3v) is 8.88. The summed E-state index contributed by atoms with van der Waals surface area (Å²) in [7, 11) is 0. The van der Waals surface area contributed by atoms with Gasteiger partial charge in [-0.3, -0.25) is 0 Å². The van der Waals surface area contributed by atoms with Gasteiger partial charge in [0.25, 0.3) is 0 Å². The summed E-state index contributed by atoms with van der Waals surface area (Å²) >= 11 is 0. The van der Waals surface area contributed by atoms with Crippen molar-refractivity contribution in [3.63, 3.8) is 0 Å². The van der Waals surface area contributed by atoms with Crippen LogP contribution in [-0.4, -0.2) is 0 Å². The lowest BCUT2D eigenvalue weighted by atomic mass is 9.91. The van der Waals surface area contributed by atoms with E-state index in [9.17, 15) is 47.4 Å². The lowest BCUT2D eigenvalue weighted by Crippen LogP contribution is -1.93. The number of halogens is 6. The first-order valence-electron chi connectivity index (χ1n) is 15.3. The molecule has 1 aliphatic rings. The minimum Gasteiger partial charge on any atom is -0.204 e. The summed E-state index contributed by atoms with van der Waals surface area (Å²) in [5.74, 6) is -8.52. The monoisotopic (exact) mass is 690 g/mol. The smallest absolute Gasteiger partial charge is 0.194 e. The second-order valence-electron chi connectivity index (χ2n) is 11.7. The van der Waals surface area contributed by atoms with Crippen molar-refractivity contribution in [3.05, 3.63) is 160 Å². The molecule has 246 valence electrons. The largest absolute Gasteiger partial charge is 0.204 e. The number of fused-ring (bicyclic) bond motifs is 3. The van der Waals surface area contributed by atoms with Gasteiger partial charge >= 0.3 is 0 Å². The molecule has 0 aliphatic heterocycles. The fourth-order valence-electron chi connectivity index (χ4n) is 6.40. The predicted octanol–water partition coefficient (Wildman–Crippen LogP) is 10.8. The van der Waals surface area contributed by atoms with E-state index in [-0.39, 0.29) is 33.4 Å². The normalized spacial score (nSPS) is 11.2. The van der Waals surface area contributed by atoms with Crippen molar-refractivity contribution in [2.75, 3.05) is 0 Å². The summed E-state index contributed by atoms with van der Waals surface area (Å²) in [5, 5.41) is 40.2. The number of hydrogen-bond donors (Lipinski definition) is 0. The van der Waals surface area contributed by atoms with Crippen LogP contribution >= 0.6 is 0 Å². The van der Waals surface area contributed by atoms with Crippen LogP contribution in [0.5, 0.6) is 0 Å². The molecule has 0 unspecified atom stereocenters. The molecule has 0 heterocycles. The molecule has 4 nitrogen and oxygen atoms in total. The third kappa shape index (κ3) is 5.42. The molecule has 0 radical (unpaired) electrons. The van der Waals surface area contributed by atoms with Crippen LogP contribution in [0.1, 0.15) is 22.3 Å². The van der Waals surface area contributed by atoms with Gasteiger partial charge in [-0.2, -0.15) is 21.0 Å². The molecule has 6 aromatic carbocycles. The van der Waals surface area contributed by atoms with E-state index in [0.717, 1.165) is 24.3 Å². The van der Waals surface area contributed by atoms with Gasteiger partial charge in [-0.1, -0.05) is 48.5 Å². The lowest BCUT2D eigenvalue weighted by molar-refractivity contribution is 0.447. The highest BCUT2D eigenvalue weighted by Gasteiger charge is 2.30. The van der Waals surface area contributed by atoms with Gasteiger partial charge in [0.2, 0.25) is 0 Å². The first-order chi connectivity index (χ1) is 25.1. The van der Waals surface area contributed by atoms with Gasteiger partial charge in [-0.05, 0) is 104 Å². The van der Waals surface area contributed by atoms with Crippen molar-refractivity contribution < 1.29 is 26.3 Å². The molecule has 7 rings (SSSR count). The molecule has 0 atom stereocenters. The summed E-state index contributed by atoms with van der Waals surface area (Å²) in [6.45, 7) is 0. The van der Waals surface area contributed by atoms with Gasteiger partial charge in [0.05, 0.1) is 23.3 Å². The highest BCUT2D eigenvalue weighted by molar-refractivity contribution is 6.07. The van der Waals surface area contributed by atoms with Gasteiger partial charge in [0, 0.05) is 16.7 Å². The second-order valence-corrected chi connectivity index (χ2v) is 11.7. The van der Waals surface area contributed by atoms with Crippen LogP contribution in [0.2, 0.25) is 0 Å². The standard InChI is InChI=1S/C42H16F6N4/c43-36-11-25(12-37(44)41(36)47)21-1-5-23(6-2-21)30-15-32-33-16-31(24-7-3-22(4-8-24)26-13-38(45)42(48)39(46)14-26)28(18-50)10-35(33)40(29(19-51)20-52)34(32)9-27(30)17-49/h1-16H. The van der Waals surface area contributed by atoms with Gasteiger partial charge in [0.1, 0.15) is 17.7 Å². The molecule has 52 heavy (non-hydrogen) atoms. The summed E-state index contributed by atoms with van der Waals surface area (Å²) < 4.78 is 82.8. The fraction of sp³-hybridized carbons (Fsp3) is 0. The van der Waals surface area contributed by atoms with Crippen LogP contribution < -0.4 is 0 Å². The van der Waals surface area contributed by atoms with Crippen molar-refractivity contribution >= 4 is 5.57 Å². The summed E-state index contributed by atoms with van der Waals surface area (Å²) in [6.07, 6.45) is 0. The average Bonchev–Trinajstić information content (AvgIpc) is 3.47. The Morgan fingerprint density at radius 2 is 0.692 bits per heavy atom. The van der Waals surface area contributed by atoms with Crippen molar-refractivity contribution in [1.82, 2.24) is 0 Å². The number of allylic oxidation sites excluding steroid dienone is 1. The van der Waals surface area contributed by atoms with E-state index in [1.54, 1.807) is 72.8 Å². The van der Waals surface area contributed by atoms with Crippen LogP contribution in [0.4, 0.5) is 26.3 Å². The van der Waals surface area contributed by atoms with Gasteiger partial charge in [-0.25, -0.2) is 26.3 Å². The first-order valence-corrected chi connectivity index (χ1v) is 15.3. The zero-order valence-corrected chi connectivity index (χ0v) is 26.3. The average molecular weight is 691 g/mol. The number of nitrogens with zero attached hydrogens (tertiary/aromatic N) is 4. The maximum atomic E-state index is 13.9. The minimum atomic E-state index is -1.58.